The quantitative estimate of drug-likeness (QED) is 0.892. The summed E-state index contributed by atoms with van der Waals surface area (Å²) < 4.78 is 1.05. The van der Waals surface area contributed by atoms with Crippen molar-refractivity contribution >= 4 is 33.2 Å². The lowest BCUT2D eigenvalue weighted by atomic mass is 10.1. The molecule has 1 heterocycles. The van der Waals surface area contributed by atoms with Crippen LogP contribution in [0, 0.1) is 0 Å². The molecule has 0 radical (unpaired) electrons. The predicted octanol–water partition coefficient (Wildman–Crippen LogP) is 2.12. The number of hydrogen-bond donors (Lipinski definition) is 2. The maximum Gasteiger partial charge on any atom is 0.240 e. The lowest BCUT2D eigenvalue weighted by molar-refractivity contribution is -0.126. The van der Waals surface area contributed by atoms with Crippen LogP contribution in [-0.4, -0.2) is 18.5 Å². The van der Waals surface area contributed by atoms with Gasteiger partial charge in [-0.2, -0.15) is 0 Å². The summed E-state index contributed by atoms with van der Waals surface area (Å²) in [5.74, 6) is 0.00491. The summed E-state index contributed by atoms with van der Waals surface area (Å²) in [4.78, 5) is 12.9. The summed E-state index contributed by atoms with van der Waals surface area (Å²) >= 11 is 5.06. The van der Waals surface area contributed by atoms with Crippen LogP contribution in [0.3, 0.4) is 0 Å². The van der Waals surface area contributed by atoms with Crippen LogP contribution in [0.25, 0.3) is 0 Å². The Morgan fingerprint density at radius 1 is 1.60 bits per heavy atom. The van der Waals surface area contributed by atoms with Gasteiger partial charge in [0, 0.05) is 9.35 Å². The molecular weight excluding hydrogens is 276 g/mol. The fourth-order valence-electron chi connectivity index (χ4n) is 0.946. The van der Waals surface area contributed by atoms with Gasteiger partial charge in [-0.3, -0.25) is 4.79 Å². The number of amides is 1. The van der Waals surface area contributed by atoms with Gasteiger partial charge in [-0.15, -0.1) is 11.3 Å². The van der Waals surface area contributed by atoms with Crippen molar-refractivity contribution in [1.29, 1.82) is 0 Å². The van der Waals surface area contributed by atoms with E-state index in [0.717, 1.165) is 9.35 Å². The molecule has 1 amide bonds. The van der Waals surface area contributed by atoms with Gasteiger partial charge in [-0.1, -0.05) is 0 Å². The minimum atomic E-state index is -0.524. The molecule has 0 saturated heterocycles. The van der Waals surface area contributed by atoms with Gasteiger partial charge < -0.3 is 10.6 Å². The summed E-state index contributed by atoms with van der Waals surface area (Å²) in [7, 11) is 1.78. The van der Waals surface area contributed by atoms with E-state index in [1.807, 2.05) is 25.3 Å². The number of nitrogens with one attached hydrogen (secondary N) is 2. The fraction of sp³-hybridized carbons (Fsp3) is 0.500. The van der Waals surface area contributed by atoms with Gasteiger partial charge in [-0.25, -0.2) is 0 Å². The third-order valence-corrected chi connectivity index (χ3v) is 4.22. The van der Waals surface area contributed by atoms with Crippen molar-refractivity contribution < 1.29 is 4.79 Å². The lowest BCUT2D eigenvalue weighted by Crippen LogP contribution is -2.50. The SMILES string of the molecule is CNC(C)(C)C(=O)NCc1sccc1Br. The predicted molar refractivity (Wildman–Crippen MR) is 67.0 cm³/mol. The van der Waals surface area contributed by atoms with Crippen molar-refractivity contribution in [3.63, 3.8) is 0 Å². The standard InChI is InChI=1S/C10H15BrN2OS/c1-10(2,12-3)9(14)13-6-8-7(11)4-5-15-8/h4-5,12H,6H2,1-3H3,(H,13,14). The second-order valence-electron chi connectivity index (χ2n) is 3.75. The molecule has 15 heavy (non-hydrogen) atoms. The molecule has 2 N–H and O–H groups in total. The molecule has 0 aliphatic rings. The van der Waals surface area contributed by atoms with Gasteiger partial charge in [0.2, 0.25) is 5.91 Å². The monoisotopic (exact) mass is 290 g/mol. The Balaban J connectivity index is 2.52. The second kappa shape index (κ2) is 5.09. The molecule has 0 fully saturated rings. The van der Waals surface area contributed by atoms with Crippen LogP contribution in [0.4, 0.5) is 0 Å². The minimum Gasteiger partial charge on any atom is -0.350 e. The normalized spacial score (nSPS) is 11.5. The Morgan fingerprint density at radius 3 is 2.73 bits per heavy atom. The molecule has 0 saturated carbocycles. The molecule has 0 aliphatic carbocycles. The average Bonchev–Trinajstić information content (AvgIpc) is 2.60. The maximum absolute atomic E-state index is 11.7. The topological polar surface area (TPSA) is 41.1 Å². The van der Waals surface area contributed by atoms with Crippen molar-refractivity contribution in [2.75, 3.05) is 7.05 Å². The third kappa shape index (κ3) is 3.29. The van der Waals surface area contributed by atoms with Crippen LogP contribution in [0.15, 0.2) is 15.9 Å². The van der Waals surface area contributed by atoms with E-state index in [2.05, 4.69) is 26.6 Å². The van der Waals surface area contributed by atoms with Crippen molar-refractivity contribution in [3.8, 4) is 0 Å². The first-order chi connectivity index (χ1) is 6.97. The first-order valence-corrected chi connectivity index (χ1v) is 6.33. The number of likely N-dealkylation sites (N-methyl/N-ethyl adjacent to an activating group) is 1. The Labute approximate surface area is 102 Å². The van der Waals surface area contributed by atoms with Crippen LogP contribution in [0.5, 0.6) is 0 Å². The van der Waals surface area contributed by atoms with E-state index in [1.54, 1.807) is 18.4 Å². The van der Waals surface area contributed by atoms with Crippen molar-refractivity contribution in [1.82, 2.24) is 10.6 Å². The maximum atomic E-state index is 11.7. The van der Waals surface area contributed by atoms with E-state index >= 15 is 0 Å². The zero-order chi connectivity index (χ0) is 11.5. The second-order valence-corrected chi connectivity index (χ2v) is 5.60. The largest absolute Gasteiger partial charge is 0.350 e. The van der Waals surface area contributed by atoms with Crippen LogP contribution in [0.1, 0.15) is 18.7 Å². The highest BCUT2D eigenvalue weighted by Crippen LogP contribution is 2.22. The first-order valence-electron chi connectivity index (χ1n) is 4.66. The van der Waals surface area contributed by atoms with Crippen LogP contribution >= 0.6 is 27.3 Å². The van der Waals surface area contributed by atoms with E-state index in [9.17, 15) is 4.79 Å². The molecule has 0 bridgehead atoms. The molecular formula is C10H15BrN2OS. The number of carbonyl (C=O) groups excluding carboxylic acids is 1. The van der Waals surface area contributed by atoms with Gasteiger partial charge in [0.25, 0.3) is 0 Å². The Bertz CT molecular complexity index is 349. The van der Waals surface area contributed by atoms with Gasteiger partial charge in [-0.05, 0) is 48.3 Å². The van der Waals surface area contributed by atoms with E-state index in [0.29, 0.717) is 6.54 Å². The summed E-state index contributed by atoms with van der Waals surface area (Å²) in [6.07, 6.45) is 0. The zero-order valence-corrected chi connectivity index (χ0v) is 11.5. The molecule has 0 spiro atoms. The summed E-state index contributed by atoms with van der Waals surface area (Å²) in [5, 5.41) is 7.86. The highest BCUT2D eigenvalue weighted by atomic mass is 79.9. The van der Waals surface area contributed by atoms with E-state index in [-0.39, 0.29) is 5.91 Å². The van der Waals surface area contributed by atoms with Crippen molar-refractivity contribution in [2.24, 2.45) is 0 Å². The molecule has 0 unspecified atom stereocenters. The van der Waals surface area contributed by atoms with Crippen LogP contribution in [0.2, 0.25) is 0 Å². The molecule has 0 atom stereocenters. The highest BCUT2D eigenvalue weighted by molar-refractivity contribution is 9.10. The van der Waals surface area contributed by atoms with Gasteiger partial charge in [0.05, 0.1) is 12.1 Å². The average molecular weight is 291 g/mol. The zero-order valence-electron chi connectivity index (χ0n) is 9.06. The molecule has 3 nitrogen and oxygen atoms in total. The van der Waals surface area contributed by atoms with Crippen LogP contribution in [-0.2, 0) is 11.3 Å². The summed E-state index contributed by atoms with van der Waals surface area (Å²) in [5.41, 5.74) is -0.524. The number of carbonyl (C=O) groups is 1. The minimum absolute atomic E-state index is 0.00491. The highest BCUT2D eigenvalue weighted by Gasteiger charge is 2.24. The number of thiophene rings is 1. The van der Waals surface area contributed by atoms with E-state index in [1.165, 1.54) is 0 Å². The molecule has 84 valence electrons. The van der Waals surface area contributed by atoms with Crippen molar-refractivity contribution in [2.45, 2.75) is 25.9 Å². The first kappa shape index (κ1) is 12.7. The van der Waals surface area contributed by atoms with Gasteiger partial charge in [0.1, 0.15) is 0 Å². The molecule has 0 aliphatic heterocycles. The van der Waals surface area contributed by atoms with Crippen molar-refractivity contribution in [3.05, 3.63) is 20.8 Å². The third-order valence-electron chi connectivity index (χ3n) is 2.29. The van der Waals surface area contributed by atoms with E-state index < -0.39 is 5.54 Å². The number of rotatable bonds is 4. The molecule has 1 rings (SSSR count). The summed E-state index contributed by atoms with van der Waals surface area (Å²) in [6, 6.07) is 1.98. The number of hydrogen-bond acceptors (Lipinski definition) is 3. The van der Waals surface area contributed by atoms with E-state index in [4.69, 9.17) is 0 Å². The smallest absolute Gasteiger partial charge is 0.240 e. The number of halogens is 1. The molecule has 5 heteroatoms. The Morgan fingerprint density at radius 2 is 2.27 bits per heavy atom. The molecule has 0 aromatic carbocycles. The molecule has 1 aromatic rings. The Kier molecular flexibility index (Phi) is 4.31. The van der Waals surface area contributed by atoms with Gasteiger partial charge in [0.15, 0.2) is 0 Å². The lowest BCUT2D eigenvalue weighted by Gasteiger charge is -2.22. The fourth-order valence-corrected chi connectivity index (χ4v) is 2.38. The van der Waals surface area contributed by atoms with Gasteiger partial charge >= 0.3 is 0 Å². The Hall–Kier alpha value is -0.390. The summed E-state index contributed by atoms with van der Waals surface area (Å²) in [6.45, 7) is 4.28. The van der Waals surface area contributed by atoms with Crippen LogP contribution < -0.4 is 10.6 Å². The molecule has 1 aromatic heterocycles.